The SMILES string of the molecule is CCc1nc(C2(NC)CCN(C)C2)sc1C. The van der Waals surface area contributed by atoms with Crippen LogP contribution in [0.25, 0.3) is 0 Å². The summed E-state index contributed by atoms with van der Waals surface area (Å²) >= 11 is 1.86. The summed E-state index contributed by atoms with van der Waals surface area (Å²) in [4.78, 5) is 8.57. The molecule has 0 radical (unpaired) electrons. The van der Waals surface area contributed by atoms with E-state index in [0.29, 0.717) is 0 Å². The molecular formula is C12H21N3S. The minimum atomic E-state index is 0.0948. The lowest BCUT2D eigenvalue weighted by molar-refractivity contribution is 0.333. The Morgan fingerprint density at radius 2 is 2.31 bits per heavy atom. The van der Waals surface area contributed by atoms with Crippen molar-refractivity contribution in [2.45, 2.75) is 32.2 Å². The Morgan fingerprint density at radius 3 is 2.75 bits per heavy atom. The normalized spacial score (nSPS) is 26.5. The van der Waals surface area contributed by atoms with Crippen LogP contribution in [0.5, 0.6) is 0 Å². The first-order chi connectivity index (χ1) is 7.61. The van der Waals surface area contributed by atoms with Gasteiger partial charge in [-0.1, -0.05) is 6.92 Å². The van der Waals surface area contributed by atoms with E-state index in [9.17, 15) is 0 Å². The Labute approximate surface area is 102 Å². The van der Waals surface area contributed by atoms with Gasteiger partial charge in [0.1, 0.15) is 5.01 Å². The number of thiazole rings is 1. The molecule has 4 heteroatoms. The number of nitrogens with one attached hydrogen (secondary N) is 1. The molecule has 0 spiro atoms. The van der Waals surface area contributed by atoms with Crippen molar-refractivity contribution in [1.29, 1.82) is 0 Å². The molecule has 1 N–H and O–H groups in total. The van der Waals surface area contributed by atoms with Crippen molar-refractivity contribution >= 4 is 11.3 Å². The molecule has 3 nitrogen and oxygen atoms in total. The van der Waals surface area contributed by atoms with Crippen molar-refractivity contribution in [1.82, 2.24) is 15.2 Å². The third kappa shape index (κ3) is 1.90. The molecule has 0 aliphatic carbocycles. The molecule has 0 bridgehead atoms. The smallest absolute Gasteiger partial charge is 0.115 e. The van der Waals surface area contributed by atoms with Crippen molar-refractivity contribution in [3.63, 3.8) is 0 Å². The van der Waals surface area contributed by atoms with E-state index in [1.165, 1.54) is 15.6 Å². The minimum Gasteiger partial charge on any atom is -0.307 e. The van der Waals surface area contributed by atoms with Crippen LogP contribution in [0.3, 0.4) is 0 Å². The van der Waals surface area contributed by atoms with Gasteiger partial charge < -0.3 is 10.2 Å². The van der Waals surface area contributed by atoms with E-state index in [-0.39, 0.29) is 5.54 Å². The van der Waals surface area contributed by atoms with Crippen LogP contribution in [0.4, 0.5) is 0 Å². The van der Waals surface area contributed by atoms with E-state index in [1.807, 2.05) is 11.3 Å². The maximum atomic E-state index is 4.82. The zero-order valence-corrected chi connectivity index (χ0v) is 11.4. The molecule has 0 saturated carbocycles. The fourth-order valence-electron chi connectivity index (χ4n) is 2.45. The predicted octanol–water partition coefficient (Wildman–Crippen LogP) is 1.76. The minimum absolute atomic E-state index is 0.0948. The Kier molecular flexibility index (Phi) is 3.33. The zero-order valence-electron chi connectivity index (χ0n) is 10.6. The van der Waals surface area contributed by atoms with Crippen LogP contribution >= 0.6 is 11.3 Å². The van der Waals surface area contributed by atoms with Gasteiger partial charge in [-0.05, 0) is 33.9 Å². The van der Waals surface area contributed by atoms with Crippen LogP contribution in [0.15, 0.2) is 0 Å². The predicted molar refractivity (Wildman–Crippen MR) is 69.1 cm³/mol. The largest absolute Gasteiger partial charge is 0.307 e. The molecule has 16 heavy (non-hydrogen) atoms. The molecule has 0 amide bonds. The number of aryl methyl sites for hydroxylation is 2. The van der Waals surface area contributed by atoms with E-state index in [2.05, 4.69) is 38.2 Å². The molecule has 2 rings (SSSR count). The van der Waals surface area contributed by atoms with Crippen molar-refractivity contribution in [2.75, 3.05) is 27.2 Å². The van der Waals surface area contributed by atoms with Gasteiger partial charge in [-0.15, -0.1) is 11.3 Å². The number of hydrogen-bond donors (Lipinski definition) is 1. The molecule has 1 aromatic rings. The summed E-state index contributed by atoms with van der Waals surface area (Å²) in [7, 11) is 4.24. The third-order valence-corrected chi connectivity index (χ3v) is 4.79. The van der Waals surface area contributed by atoms with Gasteiger partial charge >= 0.3 is 0 Å². The lowest BCUT2D eigenvalue weighted by atomic mass is 10.00. The first-order valence-corrected chi connectivity index (χ1v) is 6.77. The highest BCUT2D eigenvalue weighted by Crippen LogP contribution is 2.34. The lowest BCUT2D eigenvalue weighted by Crippen LogP contribution is -2.42. The Morgan fingerprint density at radius 1 is 1.56 bits per heavy atom. The summed E-state index contributed by atoms with van der Waals surface area (Å²) < 4.78 is 0. The third-order valence-electron chi connectivity index (χ3n) is 3.58. The second kappa shape index (κ2) is 4.43. The highest BCUT2D eigenvalue weighted by Gasteiger charge is 2.39. The summed E-state index contributed by atoms with van der Waals surface area (Å²) in [6.45, 7) is 6.58. The second-order valence-electron chi connectivity index (χ2n) is 4.70. The summed E-state index contributed by atoms with van der Waals surface area (Å²) in [5.74, 6) is 0. The van der Waals surface area contributed by atoms with Crippen molar-refractivity contribution in [3.8, 4) is 0 Å². The number of likely N-dealkylation sites (tertiary alicyclic amines) is 1. The fraction of sp³-hybridized carbons (Fsp3) is 0.750. The van der Waals surface area contributed by atoms with Gasteiger partial charge in [0, 0.05) is 18.0 Å². The average Bonchev–Trinajstić information content (AvgIpc) is 2.83. The highest BCUT2D eigenvalue weighted by atomic mass is 32.1. The average molecular weight is 239 g/mol. The quantitative estimate of drug-likeness (QED) is 0.871. The topological polar surface area (TPSA) is 28.2 Å². The van der Waals surface area contributed by atoms with Gasteiger partial charge in [0.05, 0.1) is 11.2 Å². The number of hydrogen-bond acceptors (Lipinski definition) is 4. The Hall–Kier alpha value is -0.450. The van der Waals surface area contributed by atoms with E-state index in [4.69, 9.17) is 4.98 Å². The molecule has 90 valence electrons. The monoisotopic (exact) mass is 239 g/mol. The number of aromatic nitrogens is 1. The first-order valence-electron chi connectivity index (χ1n) is 5.95. The van der Waals surface area contributed by atoms with Gasteiger partial charge in [-0.2, -0.15) is 0 Å². The molecular weight excluding hydrogens is 218 g/mol. The standard InChI is InChI=1S/C12H21N3S/c1-5-10-9(2)16-11(14-10)12(13-3)6-7-15(4)8-12/h13H,5-8H2,1-4H3. The number of rotatable bonds is 3. The van der Waals surface area contributed by atoms with Gasteiger partial charge in [0.25, 0.3) is 0 Å². The maximum absolute atomic E-state index is 4.82. The van der Waals surface area contributed by atoms with E-state index >= 15 is 0 Å². The second-order valence-corrected chi connectivity index (χ2v) is 5.90. The summed E-state index contributed by atoms with van der Waals surface area (Å²) in [6, 6.07) is 0. The highest BCUT2D eigenvalue weighted by molar-refractivity contribution is 7.11. The van der Waals surface area contributed by atoms with E-state index in [1.54, 1.807) is 0 Å². The Bertz CT molecular complexity index is 374. The van der Waals surface area contributed by atoms with Crippen molar-refractivity contribution < 1.29 is 0 Å². The molecule has 2 heterocycles. The van der Waals surface area contributed by atoms with Crippen LogP contribution in [0.2, 0.25) is 0 Å². The first kappa shape index (κ1) is 12.0. The molecule has 1 unspecified atom stereocenters. The van der Waals surface area contributed by atoms with E-state index in [0.717, 1.165) is 25.9 Å². The molecule has 1 aliphatic heterocycles. The summed E-state index contributed by atoms with van der Waals surface area (Å²) in [5.41, 5.74) is 1.36. The molecule has 1 aromatic heterocycles. The summed E-state index contributed by atoms with van der Waals surface area (Å²) in [6.07, 6.45) is 2.20. The van der Waals surface area contributed by atoms with Gasteiger partial charge in [0.15, 0.2) is 0 Å². The summed E-state index contributed by atoms with van der Waals surface area (Å²) in [5, 5.41) is 4.77. The number of nitrogens with zero attached hydrogens (tertiary/aromatic N) is 2. The van der Waals surface area contributed by atoms with Crippen LogP contribution in [-0.2, 0) is 12.0 Å². The van der Waals surface area contributed by atoms with Gasteiger partial charge in [-0.25, -0.2) is 4.98 Å². The van der Waals surface area contributed by atoms with Gasteiger partial charge in [-0.3, -0.25) is 0 Å². The molecule has 1 atom stereocenters. The zero-order chi connectivity index (χ0) is 11.8. The molecule has 1 fully saturated rings. The van der Waals surface area contributed by atoms with Gasteiger partial charge in [0.2, 0.25) is 0 Å². The van der Waals surface area contributed by atoms with Crippen LogP contribution in [0, 0.1) is 6.92 Å². The molecule has 1 saturated heterocycles. The van der Waals surface area contributed by atoms with Crippen LogP contribution in [-0.4, -0.2) is 37.1 Å². The van der Waals surface area contributed by atoms with Crippen molar-refractivity contribution in [2.24, 2.45) is 0 Å². The fourth-order valence-corrected chi connectivity index (χ4v) is 3.66. The number of likely N-dealkylation sites (N-methyl/N-ethyl adjacent to an activating group) is 2. The molecule has 1 aliphatic rings. The van der Waals surface area contributed by atoms with E-state index < -0.39 is 0 Å². The Balaban J connectivity index is 2.33. The van der Waals surface area contributed by atoms with Crippen molar-refractivity contribution in [3.05, 3.63) is 15.6 Å². The molecule has 0 aromatic carbocycles. The lowest BCUT2D eigenvalue weighted by Gasteiger charge is -2.26. The van der Waals surface area contributed by atoms with Crippen LogP contribution < -0.4 is 5.32 Å². The maximum Gasteiger partial charge on any atom is 0.115 e. The van der Waals surface area contributed by atoms with Crippen LogP contribution in [0.1, 0.15) is 28.9 Å².